The van der Waals surface area contributed by atoms with E-state index in [1.54, 1.807) is 7.11 Å². The van der Waals surface area contributed by atoms with E-state index in [-0.39, 0.29) is 13.0 Å². The van der Waals surface area contributed by atoms with Crippen LogP contribution >= 0.6 is 11.3 Å². The summed E-state index contributed by atoms with van der Waals surface area (Å²) in [6.45, 7) is 2.78. The third-order valence-corrected chi connectivity index (χ3v) is 5.71. The highest BCUT2D eigenvalue weighted by Crippen LogP contribution is 2.33. The smallest absolute Gasteiger partial charge is 0.307 e. The molecule has 0 aliphatic rings. The minimum absolute atomic E-state index is 0.0222. The SMILES string of the molecule is COCc1cccc(-c2cc(COc3cc(C)c4c(CC(=O)O)csc4c3)no2)c1. The second-order valence-electron chi connectivity index (χ2n) is 7.05. The number of methoxy groups -OCH3 is 1. The van der Waals surface area contributed by atoms with Gasteiger partial charge in [-0.25, -0.2) is 0 Å². The van der Waals surface area contributed by atoms with Gasteiger partial charge in [-0.3, -0.25) is 4.79 Å². The summed E-state index contributed by atoms with van der Waals surface area (Å²) in [5, 5.41) is 16.1. The number of aryl methyl sites for hydroxylation is 1. The number of carbonyl (C=O) groups is 1. The van der Waals surface area contributed by atoms with Crippen molar-refractivity contribution in [3.63, 3.8) is 0 Å². The second-order valence-corrected chi connectivity index (χ2v) is 7.96. The lowest BCUT2D eigenvalue weighted by Crippen LogP contribution is -1.99. The summed E-state index contributed by atoms with van der Waals surface area (Å²) in [4.78, 5) is 11.1. The van der Waals surface area contributed by atoms with Gasteiger partial charge in [-0.2, -0.15) is 0 Å². The maximum Gasteiger partial charge on any atom is 0.307 e. The number of hydrogen-bond acceptors (Lipinski definition) is 6. The van der Waals surface area contributed by atoms with Crippen molar-refractivity contribution < 1.29 is 23.9 Å². The molecule has 0 amide bonds. The van der Waals surface area contributed by atoms with Crippen LogP contribution in [0.3, 0.4) is 0 Å². The zero-order valence-electron chi connectivity index (χ0n) is 16.7. The molecule has 0 saturated heterocycles. The molecule has 2 aromatic carbocycles. The zero-order valence-corrected chi connectivity index (χ0v) is 17.5. The quantitative estimate of drug-likeness (QED) is 0.419. The molecular weight excluding hydrogens is 402 g/mol. The zero-order chi connectivity index (χ0) is 21.1. The Kier molecular flexibility index (Phi) is 5.83. The number of benzene rings is 2. The Balaban J connectivity index is 1.48. The van der Waals surface area contributed by atoms with Gasteiger partial charge in [0.1, 0.15) is 18.1 Å². The number of rotatable bonds is 8. The van der Waals surface area contributed by atoms with Gasteiger partial charge in [0.2, 0.25) is 0 Å². The molecule has 154 valence electrons. The van der Waals surface area contributed by atoms with E-state index < -0.39 is 5.97 Å². The number of aliphatic carboxylic acids is 1. The van der Waals surface area contributed by atoms with Gasteiger partial charge < -0.3 is 19.1 Å². The predicted molar refractivity (Wildman–Crippen MR) is 115 cm³/mol. The molecule has 7 heteroatoms. The molecule has 0 spiro atoms. The third kappa shape index (κ3) is 4.37. The van der Waals surface area contributed by atoms with Crippen molar-refractivity contribution in [3.05, 3.63) is 70.2 Å². The van der Waals surface area contributed by atoms with E-state index in [2.05, 4.69) is 5.16 Å². The molecule has 4 aromatic rings. The summed E-state index contributed by atoms with van der Waals surface area (Å²) >= 11 is 1.52. The van der Waals surface area contributed by atoms with Gasteiger partial charge in [0.05, 0.1) is 13.0 Å². The Morgan fingerprint density at radius 2 is 2.07 bits per heavy atom. The molecule has 0 atom stereocenters. The number of hydrogen-bond donors (Lipinski definition) is 1. The molecule has 0 aliphatic carbocycles. The number of nitrogens with zero attached hydrogens (tertiary/aromatic N) is 1. The van der Waals surface area contributed by atoms with E-state index in [1.807, 2.05) is 54.8 Å². The summed E-state index contributed by atoms with van der Waals surface area (Å²) in [6, 6.07) is 13.7. The standard InChI is InChI=1S/C23H21NO5S/c1-14-6-19(10-21-23(14)17(13-30-21)8-22(25)26)28-12-18-9-20(29-24-18)16-5-3-4-15(7-16)11-27-2/h3-7,9-10,13H,8,11-12H2,1-2H3,(H,25,26). The largest absolute Gasteiger partial charge is 0.487 e. The summed E-state index contributed by atoms with van der Waals surface area (Å²) in [6.07, 6.45) is 0.0222. The Bertz CT molecular complexity index is 1190. The number of carboxylic acids is 1. The van der Waals surface area contributed by atoms with Crippen LogP contribution < -0.4 is 4.74 Å². The van der Waals surface area contributed by atoms with Crippen molar-refractivity contribution in [3.8, 4) is 17.1 Å². The molecule has 0 fully saturated rings. The van der Waals surface area contributed by atoms with Crippen LogP contribution in [0.4, 0.5) is 0 Å². The maximum atomic E-state index is 11.1. The highest BCUT2D eigenvalue weighted by molar-refractivity contribution is 7.17. The fraction of sp³-hybridized carbons (Fsp3) is 0.217. The Labute approximate surface area is 177 Å². The first-order chi connectivity index (χ1) is 14.5. The Hall–Kier alpha value is -3.16. The van der Waals surface area contributed by atoms with Gasteiger partial charge in [0.15, 0.2) is 5.76 Å². The third-order valence-electron chi connectivity index (χ3n) is 4.73. The van der Waals surface area contributed by atoms with E-state index in [0.717, 1.165) is 38.1 Å². The van der Waals surface area contributed by atoms with E-state index in [9.17, 15) is 4.79 Å². The van der Waals surface area contributed by atoms with Gasteiger partial charge in [0.25, 0.3) is 0 Å². The van der Waals surface area contributed by atoms with Crippen LogP contribution in [0.2, 0.25) is 0 Å². The molecule has 6 nitrogen and oxygen atoms in total. The van der Waals surface area contributed by atoms with Gasteiger partial charge in [-0.05, 0) is 52.6 Å². The molecule has 0 bridgehead atoms. The number of carboxylic acid groups (broad SMARTS) is 1. The molecule has 0 radical (unpaired) electrons. The van der Waals surface area contributed by atoms with Crippen molar-refractivity contribution in [1.82, 2.24) is 5.16 Å². The van der Waals surface area contributed by atoms with Gasteiger partial charge in [0, 0.05) is 23.4 Å². The highest BCUT2D eigenvalue weighted by Gasteiger charge is 2.13. The lowest BCUT2D eigenvalue weighted by molar-refractivity contribution is -0.136. The molecule has 0 unspecified atom stereocenters. The summed E-state index contributed by atoms with van der Waals surface area (Å²) in [7, 11) is 1.67. The molecule has 0 saturated carbocycles. The fourth-order valence-electron chi connectivity index (χ4n) is 3.45. The number of ether oxygens (including phenoxy) is 2. The molecular formula is C23H21NO5S. The molecule has 2 heterocycles. The Morgan fingerprint density at radius 3 is 2.87 bits per heavy atom. The van der Waals surface area contributed by atoms with E-state index in [4.69, 9.17) is 19.1 Å². The average molecular weight is 423 g/mol. The fourth-order valence-corrected chi connectivity index (χ4v) is 4.52. The molecule has 1 N–H and O–H groups in total. The monoisotopic (exact) mass is 423 g/mol. The first-order valence-corrected chi connectivity index (χ1v) is 10.3. The van der Waals surface area contributed by atoms with Gasteiger partial charge in [-0.1, -0.05) is 23.4 Å². The normalized spacial score (nSPS) is 11.1. The van der Waals surface area contributed by atoms with Gasteiger partial charge in [-0.15, -0.1) is 11.3 Å². The van der Waals surface area contributed by atoms with Crippen LogP contribution in [-0.4, -0.2) is 23.3 Å². The van der Waals surface area contributed by atoms with Crippen LogP contribution in [0.5, 0.6) is 5.75 Å². The number of aromatic nitrogens is 1. The summed E-state index contributed by atoms with van der Waals surface area (Å²) in [5.74, 6) is 0.564. The average Bonchev–Trinajstić information content (AvgIpc) is 3.34. The van der Waals surface area contributed by atoms with Crippen molar-refractivity contribution in [2.75, 3.05) is 7.11 Å². The van der Waals surface area contributed by atoms with Crippen LogP contribution in [0.25, 0.3) is 21.4 Å². The minimum Gasteiger partial charge on any atom is -0.487 e. The Morgan fingerprint density at radius 1 is 1.20 bits per heavy atom. The van der Waals surface area contributed by atoms with Crippen LogP contribution in [0.1, 0.15) is 22.4 Å². The first-order valence-electron chi connectivity index (χ1n) is 9.42. The highest BCUT2D eigenvalue weighted by atomic mass is 32.1. The van der Waals surface area contributed by atoms with Crippen molar-refractivity contribution in [2.45, 2.75) is 26.6 Å². The lowest BCUT2D eigenvalue weighted by atomic mass is 10.1. The molecule has 30 heavy (non-hydrogen) atoms. The van der Waals surface area contributed by atoms with Crippen LogP contribution in [0.15, 0.2) is 52.4 Å². The second kappa shape index (κ2) is 8.69. The van der Waals surface area contributed by atoms with Crippen LogP contribution in [0, 0.1) is 6.92 Å². The summed E-state index contributed by atoms with van der Waals surface area (Å²) in [5.41, 5.74) is 4.52. The molecule has 4 rings (SSSR count). The van der Waals surface area contributed by atoms with E-state index in [0.29, 0.717) is 18.1 Å². The van der Waals surface area contributed by atoms with Crippen LogP contribution in [-0.2, 0) is 29.2 Å². The van der Waals surface area contributed by atoms with Gasteiger partial charge >= 0.3 is 5.97 Å². The van der Waals surface area contributed by atoms with E-state index >= 15 is 0 Å². The molecule has 2 aromatic heterocycles. The first kappa shape index (κ1) is 20.1. The van der Waals surface area contributed by atoms with E-state index in [1.165, 1.54) is 11.3 Å². The summed E-state index contributed by atoms with van der Waals surface area (Å²) < 4.78 is 17.6. The lowest BCUT2D eigenvalue weighted by Gasteiger charge is -2.07. The van der Waals surface area contributed by atoms with Crippen molar-refractivity contribution >= 4 is 27.4 Å². The minimum atomic E-state index is -0.830. The number of thiophene rings is 1. The molecule has 0 aliphatic heterocycles. The number of fused-ring (bicyclic) bond motifs is 1. The van der Waals surface area contributed by atoms with Crippen molar-refractivity contribution in [2.24, 2.45) is 0 Å². The maximum absolute atomic E-state index is 11.1. The van der Waals surface area contributed by atoms with Crippen molar-refractivity contribution in [1.29, 1.82) is 0 Å². The topological polar surface area (TPSA) is 81.8 Å². The predicted octanol–water partition coefficient (Wildman–Crippen LogP) is 5.22.